The minimum absolute atomic E-state index is 0.164. The quantitative estimate of drug-likeness (QED) is 0.745. The Balaban J connectivity index is 2.73. The van der Waals surface area contributed by atoms with Crippen LogP contribution in [0.3, 0.4) is 0 Å². The van der Waals surface area contributed by atoms with E-state index in [9.17, 15) is 0 Å². The average Bonchev–Trinajstić information content (AvgIpc) is 2.24. The number of halogens is 1. The summed E-state index contributed by atoms with van der Waals surface area (Å²) in [6, 6.07) is 0.172. The molecule has 0 aliphatic rings. The van der Waals surface area contributed by atoms with E-state index in [1.165, 1.54) is 0 Å². The van der Waals surface area contributed by atoms with Crippen LogP contribution in [-0.2, 0) is 0 Å². The molecule has 0 aromatic carbocycles. The predicted octanol–water partition coefficient (Wildman–Crippen LogP) is 1.85. The van der Waals surface area contributed by atoms with Crippen molar-refractivity contribution < 1.29 is 5.11 Å². The molecule has 3 N–H and O–H groups in total. The third-order valence-electron chi connectivity index (χ3n) is 2.02. The van der Waals surface area contributed by atoms with Gasteiger partial charge in [0.15, 0.2) is 0 Å². The Bertz CT molecular complexity index is 335. The van der Waals surface area contributed by atoms with Gasteiger partial charge in [-0.05, 0) is 36.2 Å². The van der Waals surface area contributed by atoms with Crippen LogP contribution in [0.25, 0.3) is 0 Å². The number of hydrogen-bond acceptors (Lipinski definition) is 5. The normalized spacial score (nSPS) is 12.2. The first-order valence-electron chi connectivity index (χ1n) is 5.31. The van der Waals surface area contributed by atoms with Gasteiger partial charge in [0.1, 0.15) is 5.82 Å². The Kier molecular flexibility index (Phi) is 5.48. The number of anilines is 2. The van der Waals surface area contributed by atoms with E-state index >= 15 is 0 Å². The summed E-state index contributed by atoms with van der Waals surface area (Å²) < 4.78 is 0.818. The molecule has 1 unspecified atom stereocenters. The van der Waals surface area contributed by atoms with Crippen molar-refractivity contribution in [2.75, 3.05) is 23.8 Å². The predicted molar refractivity (Wildman–Crippen MR) is 68.7 cm³/mol. The molecule has 0 amide bonds. The molecule has 0 saturated heterocycles. The van der Waals surface area contributed by atoms with Crippen LogP contribution < -0.4 is 10.6 Å². The van der Waals surface area contributed by atoms with Crippen LogP contribution in [0.2, 0.25) is 0 Å². The van der Waals surface area contributed by atoms with Crippen LogP contribution in [0.4, 0.5) is 11.8 Å². The summed E-state index contributed by atoms with van der Waals surface area (Å²) in [6.07, 6.45) is 2.39. The summed E-state index contributed by atoms with van der Waals surface area (Å²) in [5.74, 6) is 1.34. The van der Waals surface area contributed by atoms with Crippen molar-refractivity contribution in [3.63, 3.8) is 0 Å². The minimum atomic E-state index is 0.164. The lowest BCUT2D eigenvalue weighted by molar-refractivity contribution is 0.282. The summed E-state index contributed by atoms with van der Waals surface area (Å²) >= 11 is 3.38. The largest absolute Gasteiger partial charge is 0.396 e. The zero-order valence-corrected chi connectivity index (χ0v) is 11.1. The van der Waals surface area contributed by atoms with Gasteiger partial charge in [-0.3, -0.25) is 0 Å². The molecule has 1 aromatic heterocycles. The van der Waals surface area contributed by atoms with Gasteiger partial charge in [-0.2, -0.15) is 4.98 Å². The fourth-order valence-electron chi connectivity index (χ4n) is 1.21. The zero-order valence-electron chi connectivity index (χ0n) is 9.50. The number of nitrogens with one attached hydrogen (secondary N) is 2. The van der Waals surface area contributed by atoms with Crippen LogP contribution in [0.5, 0.6) is 0 Å². The highest BCUT2D eigenvalue weighted by molar-refractivity contribution is 9.10. The monoisotopic (exact) mass is 288 g/mol. The maximum Gasteiger partial charge on any atom is 0.224 e. The molecule has 0 radical (unpaired) electrons. The Morgan fingerprint density at radius 2 is 2.31 bits per heavy atom. The molecule has 1 heterocycles. The lowest BCUT2D eigenvalue weighted by Gasteiger charge is -2.14. The molecule has 16 heavy (non-hydrogen) atoms. The third-order valence-corrected chi connectivity index (χ3v) is 2.60. The lowest BCUT2D eigenvalue weighted by atomic mass is 10.2. The fourth-order valence-corrected chi connectivity index (χ4v) is 1.52. The molecule has 5 nitrogen and oxygen atoms in total. The van der Waals surface area contributed by atoms with Gasteiger partial charge < -0.3 is 15.7 Å². The maximum atomic E-state index is 8.83. The van der Waals surface area contributed by atoms with Gasteiger partial charge in [0, 0.05) is 25.4 Å². The summed E-state index contributed by atoms with van der Waals surface area (Å²) in [5.41, 5.74) is 0. The number of nitrogens with zero attached hydrogens (tertiary/aromatic N) is 2. The van der Waals surface area contributed by atoms with Gasteiger partial charge >= 0.3 is 0 Å². The summed E-state index contributed by atoms with van der Waals surface area (Å²) in [4.78, 5) is 8.45. The van der Waals surface area contributed by atoms with Gasteiger partial charge in [-0.15, -0.1) is 0 Å². The zero-order chi connectivity index (χ0) is 12.0. The van der Waals surface area contributed by atoms with E-state index in [4.69, 9.17) is 5.11 Å². The second kappa shape index (κ2) is 6.65. The Hall–Kier alpha value is -0.880. The molecule has 0 bridgehead atoms. The first-order valence-corrected chi connectivity index (χ1v) is 6.10. The smallest absolute Gasteiger partial charge is 0.224 e. The average molecular weight is 289 g/mol. The highest BCUT2D eigenvalue weighted by Gasteiger charge is 2.07. The Labute approximate surface area is 104 Å². The van der Waals surface area contributed by atoms with Crippen LogP contribution >= 0.6 is 15.9 Å². The molecule has 0 spiro atoms. The number of rotatable bonds is 6. The van der Waals surface area contributed by atoms with Crippen LogP contribution in [-0.4, -0.2) is 34.3 Å². The highest BCUT2D eigenvalue weighted by Crippen LogP contribution is 2.21. The molecular weight excluding hydrogens is 272 g/mol. The van der Waals surface area contributed by atoms with Gasteiger partial charge in [0.2, 0.25) is 5.95 Å². The molecule has 0 fully saturated rings. The second-order valence-electron chi connectivity index (χ2n) is 3.48. The van der Waals surface area contributed by atoms with Gasteiger partial charge in [-0.25, -0.2) is 4.98 Å². The molecule has 1 rings (SSSR count). The van der Waals surface area contributed by atoms with E-state index in [-0.39, 0.29) is 12.6 Å². The number of aromatic nitrogens is 2. The van der Waals surface area contributed by atoms with Gasteiger partial charge in [0.25, 0.3) is 0 Å². The molecule has 6 heteroatoms. The van der Waals surface area contributed by atoms with Crippen molar-refractivity contribution >= 4 is 27.7 Å². The number of aliphatic hydroxyl groups excluding tert-OH is 1. The van der Waals surface area contributed by atoms with Crippen molar-refractivity contribution in [3.8, 4) is 0 Å². The van der Waals surface area contributed by atoms with E-state index in [0.717, 1.165) is 16.8 Å². The van der Waals surface area contributed by atoms with Crippen molar-refractivity contribution in [3.05, 3.63) is 10.7 Å². The summed E-state index contributed by atoms with van der Waals surface area (Å²) in [7, 11) is 0. The fraction of sp³-hybridized carbons (Fsp3) is 0.600. The van der Waals surface area contributed by atoms with Crippen molar-refractivity contribution in [2.24, 2.45) is 0 Å². The third kappa shape index (κ3) is 3.94. The van der Waals surface area contributed by atoms with Gasteiger partial charge in [-0.1, -0.05) is 0 Å². The Morgan fingerprint density at radius 1 is 1.56 bits per heavy atom. The summed E-state index contributed by atoms with van der Waals surface area (Å²) in [5, 5.41) is 15.1. The molecule has 0 saturated carbocycles. The van der Waals surface area contributed by atoms with Gasteiger partial charge in [0.05, 0.1) is 4.47 Å². The van der Waals surface area contributed by atoms with E-state index in [1.54, 1.807) is 6.20 Å². The van der Waals surface area contributed by atoms with E-state index in [0.29, 0.717) is 12.4 Å². The van der Waals surface area contributed by atoms with Crippen molar-refractivity contribution in [1.29, 1.82) is 0 Å². The standard InChI is InChI=1S/C10H17BrN4O/c1-3-12-10-13-6-8(11)9(15-10)14-7(2)4-5-16/h6-7,16H,3-5H2,1-2H3,(H2,12,13,14,15). The number of hydrogen-bond donors (Lipinski definition) is 3. The topological polar surface area (TPSA) is 70.1 Å². The SMILES string of the molecule is CCNc1ncc(Br)c(NC(C)CCO)n1. The maximum absolute atomic E-state index is 8.83. The molecule has 1 aromatic rings. The molecule has 0 aliphatic carbocycles. The second-order valence-corrected chi connectivity index (χ2v) is 4.33. The van der Waals surface area contributed by atoms with Crippen molar-refractivity contribution in [2.45, 2.75) is 26.3 Å². The van der Waals surface area contributed by atoms with E-state index in [2.05, 4.69) is 36.5 Å². The van der Waals surface area contributed by atoms with Crippen molar-refractivity contribution in [1.82, 2.24) is 9.97 Å². The first kappa shape index (κ1) is 13.2. The Morgan fingerprint density at radius 3 is 2.94 bits per heavy atom. The molecule has 1 atom stereocenters. The molecular formula is C10H17BrN4O. The molecule has 0 aliphatic heterocycles. The van der Waals surface area contributed by atoms with E-state index < -0.39 is 0 Å². The van der Waals surface area contributed by atoms with E-state index in [1.807, 2.05) is 13.8 Å². The highest BCUT2D eigenvalue weighted by atomic mass is 79.9. The summed E-state index contributed by atoms with van der Waals surface area (Å²) in [6.45, 7) is 4.94. The minimum Gasteiger partial charge on any atom is -0.396 e. The molecule has 90 valence electrons. The van der Waals surface area contributed by atoms with Crippen LogP contribution in [0.1, 0.15) is 20.3 Å². The van der Waals surface area contributed by atoms with Crippen LogP contribution in [0.15, 0.2) is 10.7 Å². The first-order chi connectivity index (χ1) is 7.67. The lowest BCUT2D eigenvalue weighted by Crippen LogP contribution is -2.18. The van der Waals surface area contributed by atoms with Crippen LogP contribution in [0, 0.1) is 0 Å². The number of aliphatic hydroxyl groups is 1.